The fourth-order valence-corrected chi connectivity index (χ4v) is 11.0. The Morgan fingerprint density at radius 1 is 0.444 bits per heavy atom. The van der Waals surface area contributed by atoms with Gasteiger partial charge in [0.25, 0.3) is 17.7 Å². The molecule has 2 atom stereocenters. The second-order valence-corrected chi connectivity index (χ2v) is 15.7. The van der Waals surface area contributed by atoms with Crippen LogP contribution in [0.25, 0.3) is 0 Å². The van der Waals surface area contributed by atoms with Crippen LogP contribution in [0.15, 0.2) is 121 Å². The van der Waals surface area contributed by atoms with Gasteiger partial charge in [0.2, 0.25) is 0 Å². The molecule has 0 saturated heterocycles. The molecule has 4 aromatic rings. The maximum atomic E-state index is 14.5. The molecular weight excluding hydrogens is 488 g/mol. The van der Waals surface area contributed by atoms with Crippen LogP contribution in [0.5, 0.6) is 0 Å². The SMILES string of the molecule is CC(Cc1ccccc1)(c1ccccc1)S(=O)(=O)S(=O)(=O)C(C)(Cc1ccccc1)c1ccccc1. The van der Waals surface area contributed by atoms with Gasteiger partial charge in [0.05, 0.1) is 0 Å². The smallest absolute Gasteiger partial charge is 0.212 e. The average molecular weight is 519 g/mol. The summed E-state index contributed by atoms with van der Waals surface area (Å²) in [6.45, 7) is 3.05. The van der Waals surface area contributed by atoms with E-state index in [0.717, 1.165) is 11.1 Å². The second kappa shape index (κ2) is 10.0. The fourth-order valence-electron chi connectivity index (χ4n) is 4.71. The summed E-state index contributed by atoms with van der Waals surface area (Å²) >= 11 is 0. The number of hydrogen-bond acceptors (Lipinski definition) is 4. The van der Waals surface area contributed by atoms with Crippen LogP contribution in [-0.2, 0) is 40.1 Å². The van der Waals surface area contributed by atoms with E-state index in [2.05, 4.69) is 0 Å². The molecule has 0 spiro atoms. The summed E-state index contributed by atoms with van der Waals surface area (Å²) in [5.41, 5.74) is 2.36. The highest BCUT2D eigenvalue weighted by atomic mass is 33.2. The first-order chi connectivity index (χ1) is 17.1. The van der Waals surface area contributed by atoms with E-state index in [4.69, 9.17) is 0 Å². The van der Waals surface area contributed by atoms with Gasteiger partial charge in [-0.3, -0.25) is 0 Å². The zero-order valence-corrected chi connectivity index (χ0v) is 22.0. The van der Waals surface area contributed by atoms with Crippen LogP contribution in [-0.4, -0.2) is 16.8 Å². The molecule has 0 radical (unpaired) electrons. The molecule has 36 heavy (non-hydrogen) atoms. The zero-order chi connectivity index (χ0) is 25.9. The number of hydrogen-bond donors (Lipinski definition) is 0. The lowest BCUT2D eigenvalue weighted by atomic mass is 9.93. The van der Waals surface area contributed by atoms with E-state index in [1.807, 2.05) is 60.7 Å². The Bertz CT molecular complexity index is 1380. The van der Waals surface area contributed by atoms with Crippen molar-refractivity contribution >= 4 is 17.7 Å². The van der Waals surface area contributed by atoms with Crippen LogP contribution in [0.1, 0.15) is 36.1 Å². The maximum Gasteiger partial charge on any atom is 0.264 e. The van der Waals surface area contributed by atoms with Crippen LogP contribution in [0.2, 0.25) is 0 Å². The van der Waals surface area contributed by atoms with Crippen LogP contribution in [0.4, 0.5) is 0 Å². The van der Waals surface area contributed by atoms with Gasteiger partial charge >= 0.3 is 0 Å². The van der Waals surface area contributed by atoms with Crippen molar-refractivity contribution in [2.45, 2.75) is 36.2 Å². The molecule has 186 valence electrons. The fraction of sp³-hybridized carbons (Fsp3) is 0.200. The molecule has 0 fully saturated rings. The topological polar surface area (TPSA) is 68.3 Å². The van der Waals surface area contributed by atoms with Crippen molar-refractivity contribution in [3.05, 3.63) is 144 Å². The largest absolute Gasteiger partial charge is 0.264 e. The summed E-state index contributed by atoms with van der Waals surface area (Å²) in [4.78, 5) is 0. The monoisotopic (exact) mass is 518 g/mol. The van der Waals surface area contributed by atoms with Gasteiger partial charge in [0, 0.05) is 0 Å². The van der Waals surface area contributed by atoms with Crippen LogP contribution in [0, 0.1) is 0 Å². The molecule has 0 bridgehead atoms. The zero-order valence-electron chi connectivity index (χ0n) is 20.4. The molecule has 0 aliphatic carbocycles. The Hall–Kier alpha value is -3.22. The van der Waals surface area contributed by atoms with Crippen LogP contribution in [0.3, 0.4) is 0 Å². The van der Waals surface area contributed by atoms with Crippen LogP contribution < -0.4 is 0 Å². The second-order valence-electron chi connectivity index (χ2n) is 9.43. The normalized spacial score (nSPS) is 15.5. The van der Waals surface area contributed by atoms with E-state index in [1.165, 1.54) is 13.8 Å². The summed E-state index contributed by atoms with van der Waals surface area (Å²) in [5, 5.41) is 0. The quantitative estimate of drug-likeness (QED) is 0.253. The van der Waals surface area contributed by atoms with Gasteiger partial charge in [-0.15, -0.1) is 0 Å². The Morgan fingerprint density at radius 2 is 0.694 bits per heavy atom. The molecule has 0 saturated carbocycles. The number of benzene rings is 4. The summed E-state index contributed by atoms with van der Waals surface area (Å²) in [6, 6.07) is 35.6. The molecule has 0 aliphatic heterocycles. The number of rotatable bonds is 9. The summed E-state index contributed by atoms with van der Waals surface area (Å²) in [5.74, 6) is 0. The van der Waals surface area contributed by atoms with Gasteiger partial charge in [-0.2, -0.15) is 0 Å². The highest BCUT2D eigenvalue weighted by Gasteiger charge is 2.57. The van der Waals surface area contributed by atoms with E-state index in [1.54, 1.807) is 60.7 Å². The average Bonchev–Trinajstić information content (AvgIpc) is 2.90. The van der Waals surface area contributed by atoms with E-state index in [-0.39, 0.29) is 12.8 Å². The molecule has 4 nitrogen and oxygen atoms in total. The van der Waals surface area contributed by atoms with Crippen molar-refractivity contribution in [3.8, 4) is 0 Å². The lowest BCUT2D eigenvalue weighted by Gasteiger charge is -2.36. The Morgan fingerprint density at radius 3 is 0.972 bits per heavy atom. The van der Waals surface area contributed by atoms with Crippen LogP contribution >= 0.6 is 0 Å². The first-order valence-electron chi connectivity index (χ1n) is 11.8. The van der Waals surface area contributed by atoms with Gasteiger partial charge in [0.1, 0.15) is 9.49 Å². The van der Waals surface area contributed by atoms with Crippen molar-refractivity contribution in [2.24, 2.45) is 0 Å². The molecule has 0 N–H and O–H groups in total. The Balaban J connectivity index is 1.94. The van der Waals surface area contributed by atoms with Gasteiger partial charge < -0.3 is 0 Å². The van der Waals surface area contributed by atoms with Crippen molar-refractivity contribution < 1.29 is 16.8 Å². The van der Waals surface area contributed by atoms with Crippen molar-refractivity contribution in [1.29, 1.82) is 0 Å². The van der Waals surface area contributed by atoms with E-state index < -0.39 is 27.2 Å². The van der Waals surface area contributed by atoms with Crippen molar-refractivity contribution in [1.82, 2.24) is 0 Å². The molecule has 0 aromatic heterocycles. The molecule has 0 amide bonds. The molecular formula is C30H30O4S2. The molecule has 6 heteroatoms. The Kier molecular flexibility index (Phi) is 7.21. The lowest BCUT2D eigenvalue weighted by Crippen LogP contribution is -2.48. The summed E-state index contributed by atoms with van der Waals surface area (Å²) in [6.07, 6.45) is 0.0469. The van der Waals surface area contributed by atoms with Gasteiger partial charge in [-0.25, -0.2) is 16.8 Å². The molecule has 4 rings (SSSR count). The third kappa shape index (κ3) is 4.51. The first-order valence-corrected chi connectivity index (χ1v) is 15.3. The van der Waals surface area contributed by atoms with Crippen molar-refractivity contribution in [2.75, 3.05) is 0 Å². The first kappa shape index (κ1) is 25.9. The molecule has 0 heterocycles. The highest BCUT2D eigenvalue weighted by Crippen LogP contribution is 2.45. The lowest BCUT2D eigenvalue weighted by molar-refractivity contribution is 0.520. The van der Waals surface area contributed by atoms with E-state index in [0.29, 0.717) is 11.1 Å². The minimum atomic E-state index is -4.81. The predicted octanol–water partition coefficient (Wildman–Crippen LogP) is 6.05. The van der Waals surface area contributed by atoms with Gasteiger partial charge in [-0.05, 0) is 48.9 Å². The van der Waals surface area contributed by atoms with Gasteiger partial charge in [-0.1, -0.05) is 121 Å². The molecule has 4 aromatic carbocycles. The third-order valence-corrected chi connectivity index (χ3v) is 14.4. The standard InChI is InChI=1S/C30H30O4S2/c1-29(27-19-11-5-12-20-27,23-25-15-7-3-8-16-25)35(31,32)36(33,34)30(2,28-21-13-6-14-22-28)24-26-17-9-4-10-18-26/h3-22H,23-24H2,1-2H3. The minimum absolute atomic E-state index is 0.0234. The Labute approximate surface area is 213 Å². The van der Waals surface area contributed by atoms with E-state index >= 15 is 0 Å². The summed E-state index contributed by atoms with van der Waals surface area (Å²) < 4.78 is 54.6. The molecule has 0 aliphatic rings. The highest BCUT2D eigenvalue weighted by molar-refractivity contribution is 8.67. The van der Waals surface area contributed by atoms with E-state index in [9.17, 15) is 16.8 Å². The predicted molar refractivity (Wildman–Crippen MR) is 146 cm³/mol. The van der Waals surface area contributed by atoms with Crippen molar-refractivity contribution in [3.63, 3.8) is 0 Å². The minimum Gasteiger partial charge on any atom is -0.212 e. The maximum absolute atomic E-state index is 14.5. The summed E-state index contributed by atoms with van der Waals surface area (Å²) in [7, 11) is -9.61. The third-order valence-electron chi connectivity index (χ3n) is 6.93. The van der Waals surface area contributed by atoms with Gasteiger partial charge in [0.15, 0.2) is 0 Å². The molecule has 2 unspecified atom stereocenters.